The fraction of sp³-hybridized carbons (Fsp3) is 0.391. The molecular weight excluding hydrogens is 380 g/mol. The van der Waals surface area contributed by atoms with Gasteiger partial charge < -0.3 is 19.3 Å². The Morgan fingerprint density at radius 3 is 2.50 bits per heavy atom. The lowest BCUT2D eigenvalue weighted by atomic mass is 10.2. The smallest absolute Gasteiger partial charge is 0.295 e. The number of amides is 1. The molecule has 2 aromatic carbocycles. The van der Waals surface area contributed by atoms with Gasteiger partial charge >= 0.3 is 0 Å². The molecule has 1 heterocycles. The van der Waals surface area contributed by atoms with Crippen molar-refractivity contribution in [1.29, 1.82) is 0 Å². The van der Waals surface area contributed by atoms with Crippen LogP contribution < -0.4 is 24.7 Å². The number of ether oxygens (including phenoxy) is 2. The van der Waals surface area contributed by atoms with Crippen molar-refractivity contribution in [3.05, 3.63) is 59.7 Å². The van der Waals surface area contributed by atoms with E-state index in [0.29, 0.717) is 24.7 Å². The third-order valence-corrected chi connectivity index (χ3v) is 5.26. The standard InChI is InChI=1S/C23H30N4O3/c1-3-30-21-10-9-20(15-22(21)29-2)16-24-25-23(28)18-27-13-11-26(12-14-27)17-19-7-5-4-6-8-19/h4-10,15-16H,3,11-14,17-18H2,1-2H3,(H,25,28)/p+2/b24-16-. The van der Waals surface area contributed by atoms with Crippen LogP contribution in [0.15, 0.2) is 53.6 Å². The molecule has 0 atom stereocenters. The molecule has 160 valence electrons. The van der Waals surface area contributed by atoms with Crippen LogP contribution >= 0.6 is 0 Å². The maximum Gasteiger partial charge on any atom is 0.295 e. The van der Waals surface area contributed by atoms with Crippen LogP contribution in [0.25, 0.3) is 0 Å². The van der Waals surface area contributed by atoms with Crippen LogP contribution in [0.1, 0.15) is 18.1 Å². The summed E-state index contributed by atoms with van der Waals surface area (Å²) in [6, 6.07) is 16.1. The van der Waals surface area contributed by atoms with Gasteiger partial charge in [-0.15, -0.1) is 0 Å². The normalized spacial score (nSPS) is 18.9. The van der Waals surface area contributed by atoms with E-state index in [-0.39, 0.29) is 5.91 Å². The summed E-state index contributed by atoms with van der Waals surface area (Å²) in [6.07, 6.45) is 1.62. The number of quaternary nitrogens is 2. The predicted molar refractivity (Wildman–Crippen MR) is 116 cm³/mol. The van der Waals surface area contributed by atoms with Gasteiger partial charge in [-0.2, -0.15) is 5.10 Å². The minimum atomic E-state index is -0.0642. The minimum absolute atomic E-state index is 0.0642. The number of hydrazone groups is 1. The summed E-state index contributed by atoms with van der Waals surface area (Å²) in [5.41, 5.74) is 4.84. The number of nitrogens with one attached hydrogen (secondary N) is 3. The van der Waals surface area contributed by atoms with E-state index >= 15 is 0 Å². The van der Waals surface area contributed by atoms with Crippen LogP contribution in [-0.4, -0.2) is 58.6 Å². The zero-order valence-electron chi connectivity index (χ0n) is 17.8. The van der Waals surface area contributed by atoms with Crippen molar-refractivity contribution in [3.8, 4) is 11.5 Å². The molecule has 1 aliphatic heterocycles. The first-order chi connectivity index (χ1) is 14.7. The van der Waals surface area contributed by atoms with Crippen molar-refractivity contribution in [3.63, 3.8) is 0 Å². The Labute approximate surface area is 178 Å². The van der Waals surface area contributed by atoms with Gasteiger partial charge in [0.1, 0.15) is 32.7 Å². The fourth-order valence-electron chi connectivity index (χ4n) is 3.68. The molecule has 1 fully saturated rings. The number of rotatable bonds is 9. The molecule has 3 rings (SSSR count). The van der Waals surface area contributed by atoms with Crippen molar-refractivity contribution in [2.45, 2.75) is 13.5 Å². The van der Waals surface area contributed by atoms with Crippen LogP contribution in [0.5, 0.6) is 11.5 Å². The van der Waals surface area contributed by atoms with Gasteiger partial charge in [0, 0.05) is 5.56 Å². The van der Waals surface area contributed by atoms with Gasteiger partial charge in [0.25, 0.3) is 5.91 Å². The monoisotopic (exact) mass is 412 g/mol. The molecule has 7 nitrogen and oxygen atoms in total. The van der Waals surface area contributed by atoms with Gasteiger partial charge in [0.2, 0.25) is 0 Å². The highest BCUT2D eigenvalue weighted by Crippen LogP contribution is 2.27. The second-order valence-corrected chi connectivity index (χ2v) is 7.48. The largest absolute Gasteiger partial charge is 0.493 e. The summed E-state index contributed by atoms with van der Waals surface area (Å²) in [6.45, 7) is 8.14. The Morgan fingerprint density at radius 1 is 1.07 bits per heavy atom. The van der Waals surface area contributed by atoms with E-state index < -0.39 is 0 Å². The number of carbonyl (C=O) groups is 1. The molecule has 1 amide bonds. The lowest BCUT2D eigenvalue weighted by Crippen LogP contribution is -3.28. The Morgan fingerprint density at radius 2 is 1.80 bits per heavy atom. The van der Waals surface area contributed by atoms with Crippen molar-refractivity contribution in [1.82, 2.24) is 5.43 Å². The molecule has 0 saturated carbocycles. The van der Waals surface area contributed by atoms with Crippen molar-refractivity contribution >= 4 is 12.1 Å². The number of nitrogens with zero attached hydrogens (tertiary/aromatic N) is 1. The number of piperazine rings is 1. The molecule has 0 spiro atoms. The van der Waals surface area contributed by atoms with Crippen LogP contribution in [-0.2, 0) is 11.3 Å². The molecular formula is C23H32N4O3+2. The van der Waals surface area contributed by atoms with Gasteiger partial charge in [-0.1, -0.05) is 30.3 Å². The van der Waals surface area contributed by atoms with E-state index in [4.69, 9.17) is 9.47 Å². The summed E-state index contributed by atoms with van der Waals surface area (Å²) >= 11 is 0. The van der Waals surface area contributed by atoms with Crippen molar-refractivity contribution < 1.29 is 24.1 Å². The van der Waals surface area contributed by atoms with Crippen LogP contribution in [0.3, 0.4) is 0 Å². The average Bonchev–Trinajstić information content (AvgIpc) is 2.77. The molecule has 3 N–H and O–H groups in total. The Balaban J connectivity index is 1.41. The van der Waals surface area contributed by atoms with Gasteiger partial charge in [-0.05, 0) is 30.7 Å². The molecule has 7 heteroatoms. The first-order valence-electron chi connectivity index (χ1n) is 10.5. The molecule has 0 bridgehead atoms. The number of hydrogen-bond donors (Lipinski definition) is 3. The van der Waals surface area contributed by atoms with E-state index in [0.717, 1.165) is 38.3 Å². The predicted octanol–water partition coefficient (Wildman–Crippen LogP) is -0.472. The number of benzene rings is 2. The molecule has 0 aliphatic carbocycles. The summed E-state index contributed by atoms with van der Waals surface area (Å²) in [4.78, 5) is 15.1. The third kappa shape index (κ3) is 6.57. The molecule has 0 unspecified atom stereocenters. The average molecular weight is 413 g/mol. The number of hydrogen-bond acceptors (Lipinski definition) is 4. The van der Waals surface area contributed by atoms with E-state index in [1.807, 2.05) is 25.1 Å². The SMILES string of the molecule is CCOc1ccc(/C=N\NC(=O)C[NH+]2CC[NH+](Cc3ccccc3)CC2)cc1OC. The quantitative estimate of drug-likeness (QED) is 0.385. The molecule has 1 aliphatic rings. The zero-order valence-corrected chi connectivity index (χ0v) is 17.8. The van der Waals surface area contributed by atoms with Crippen LogP contribution in [0, 0.1) is 0 Å². The van der Waals surface area contributed by atoms with Gasteiger partial charge in [-0.3, -0.25) is 4.79 Å². The summed E-state index contributed by atoms with van der Waals surface area (Å²) in [5, 5.41) is 4.09. The summed E-state index contributed by atoms with van der Waals surface area (Å²) in [7, 11) is 1.60. The lowest BCUT2D eigenvalue weighted by molar-refractivity contribution is -1.02. The van der Waals surface area contributed by atoms with Crippen molar-refractivity contribution in [2.24, 2.45) is 5.10 Å². The maximum atomic E-state index is 12.2. The highest BCUT2D eigenvalue weighted by atomic mass is 16.5. The van der Waals surface area contributed by atoms with E-state index in [2.05, 4.69) is 40.9 Å². The first kappa shape index (κ1) is 21.8. The summed E-state index contributed by atoms with van der Waals surface area (Å²) in [5.74, 6) is 1.27. The maximum absolute atomic E-state index is 12.2. The molecule has 1 saturated heterocycles. The molecule has 30 heavy (non-hydrogen) atoms. The van der Waals surface area contributed by atoms with E-state index in [9.17, 15) is 4.79 Å². The van der Waals surface area contributed by atoms with Gasteiger partial charge in [0.05, 0.1) is 19.9 Å². The van der Waals surface area contributed by atoms with Crippen LogP contribution in [0.4, 0.5) is 0 Å². The minimum Gasteiger partial charge on any atom is -0.493 e. The van der Waals surface area contributed by atoms with E-state index in [1.54, 1.807) is 18.2 Å². The van der Waals surface area contributed by atoms with Crippen LogP contribution in [0.2, 0.25) is 0 Å². The first-order valence-corrected chi connectivity index (χ1v) is 10.5. The second kappa shape index (κ2) is 11.3. The van der Waals surface area contributed by atoms with Gasteiger partial charge in [-0.25, -0.2) is 5.43 Å². The lowest BCUT2D eigenvalue weighted by Gasteiger charge is -2.29. The number of methoxy groups -OCH3 is 1. The van der Waals surface area contributed by atoms with E-state index in [1.165, 1.54) is 10.5 Å². The highest BCUT2D eigenvalue weighted by molar-refractivity contribution is 5.83. The Kier molecular flexibility index (Phi) is 8.23. The number of carbonyl (C=O) groups excluding carboxylic acids is 1. The Bertz CT molecular complexity index is 834. The zero-order chi connectivity index (χ0) is 21.2. The molecule has 0 aromatic heterocycles. The fourth-order valence-corrected chi connectivity index (χ4v) is 3.68. The van der Waals surface area contributed by atoms with Crippen molar-refractivity contribution in [2.75, 3.05) is 46.4 Å². The summed E-state index contributed by atoms with van der Waals surface area (Å²) < 4.78 is 10.8. The highest BCUT2D eigenvalue weighted by Gasteiger charge is 2.24. The second-order valence-electron chi connectivity index (χ2n) is 7.48. The molecule has 0 radical (unpaired) electrons. The topological polar surface area (TPSA) is 68.8 Å². The Hall–Kier alpha value is -2.90. The van der Waals surface area contributed by atoms with Gasteiger partial charge in [0.15, 0.2) is 18.0 Å². The molecule has 2 aromatic rings. The third-order valence-electron chi connectivity index (χ3n) is 5.26.